The third kappa shape index (κ3) is 3.90. The summed E-state index contributed by atoms with van der Waals surface area (Å²) in [6.07, 6.45) is 0. The maximum Gasteiger partial charge on any atom is 0.298 e. The van der Waals surface area contributed by atoms with Crippen molar-refractivity contribution in [2.45, 2.75) is 11.8 Å². The lowest BCUT2D eigenvalue weighted by atomic mass is 10.2. The molecule has 0 spiro atoms. The van der Waals surface area contributed by atoms with E-state index in [4.69, 9.17) is 4.55 Å². The van der Waals surface area contributed by atoms with Crippen molar-refractivity contribution in [1.29, 1.82) is 0 Å². The molecule has 2 aromatic carbocycles. The second-order valence-corrected chi connectivity index (χ2v) is 7.14. The van der Waals surface area contributed by atoms with Crippen LogP contribution in [0, 0.1) is 17.0 Å². The second kappa shape index (κ2) is 7.29. The number of aromatic hydroxyl groups is 2. The summed E-state index contributed by atoms with van der Waals surface area (Å²) in [6.45, 7) is 1.52. The number of aryl methyl sites for hydroxylation is 1. The number of nitro benzene ring substituents is 1. The summed E-state index contributed by atoms with van der Waals surface area (Å²) in [5.74, 6) is -1.42. The van der Waals surface area contributed by atoms with E-state index in [0.717, 1.165) is 6.07 Å². The predicted octanol–water partition coefficient (Wildman–Crippen LogP) is 3.16. The average molecular weight is 419 g/mol. The van der Waals surface area contributed by atoms with E-state index >= 15 is 0 Å². The van der Waals surface area contributed by atoms with Crippen LogP contribution in [0.25, 0.3) is 5.69 Å². The standard InChI is InChI=1S/C16H13N5O7S/c1-9-14(16(23)20(19-9)10-5-3-2-4-6-10)18-17-12-7-11(21(24)25)8-13(15(12)22)29(26,27)28/h2-8,22-23H,1H3,(H,26,27,28)/b18-17+. The number of azo groups is 1. The van der Waals surface area contributed by atoms with Gasteiger partial charge >= 0.3 is 0 Å². The van der Waals surface area contributed by atoms with Crippen LogP contribution in [0.1, 0.15) is 5.69 Å². The zero-order chi connectivity index (χ0) is 21.3. The molecule has 0 saturated heterocycles. The van der Waals surface area contributed by atoms with E-state index in [1.807, 2.05) is 0 Å². The molecule has 0 radical (unpaired) electrons. The topological polar surface area (TPSA) is 181 Å². The fourth-order valence-electron chi connectivity index (χ4n) is 2.43. The van der Waals surface area contributed by atoms with Gasteiger partial charge < -0.3 is 10.2 Å². The number of rotatable bonds is 5. The van der Waals surface area contributed by atoms with Crippen LogP contribution in [0.4, 0.5) is 17.1 Å². The lowest BCUT2D eigenvalue weighted by molar-refractivity contribution is -0.385. The fourth-order valence-corrected chi connectivity index (χ4v) is 3.05. The second-order valence-electron chi connectivity index (χ2n) is 5.75. The molecule has 0 fully saturated rings. The Kier molecular flexibility index (Phi) is 5.01. The molecule has 0 aliphatic heterocycles. The highest BCUT2D eigenvalue weighted by molar-refractivity contribution is 7.86. The van der Waals surface area contributed by atoms with Gasteiger partial charge in [-0.05, 0) is 19.1 Å². The van der Waals surface area contributed by atoms with Gasteiger partial charge in [0.1, 0.15) is 10.6 Å². The zero-order valence-electron chi connectivity index (χ0n) is 14.7. The normalized spacial score (nSPS) is 11.8. The monoisotopic (exact) mass is 419 g/mol. The van der Waals surface area contributed by atoms with Gasteiger partial charge in [0.05, 0.1) is 16.3 Å². The summed E-state index contributed by atoms with van der Waals surface area (Å²) in [7, 11) is -4.97. The summed E-state index contributed by atoms with van der Waals surface area (Å²) in [4.78, 5) is 8.99. The smallest absolute Gasteiger partial charge is 0.298 e. The lowest BCUT2D eigenvalue weighted by Gasteiger charge is -2.04. The van der Waals surface area contributed by atoms with Crippen molar-refractivity contribution in [1.82, 2.24) is 9.78 Å². The van der Waals surface area contributed by atoms with Gasteiger partial charge in [-0.1, -0.05) is 18.2 Å². The van der Waals surface area contributed by atoms with Crippen molar-refractivity contribution >= 4 is 27.2 Å². The van der Waals surface area contributed by atoms with E-state index in [1.54, 1.807) is 30.3 Å². The number of non-ortho nitro benzene ring substituents is 1. The molecule has 1 aromatic heterocycles. The number of hydrogen-bond donors (Lipinski definition) is 3. The third-order valence-corrected chi connectivity index (χ3v) is 4.66. The van der Waals surface area contributed by atoms with Crippen molar-refractivity contribution in [3.8, 4) is 17.3 Å². The molecular weight excluding hydrogens is 406 g/mol. The van der Waals surface area contributed by atoms with Gasteiger partial charge in [-0.2, -0.15) is 18.2 Å². The SMILES string of the molecule is Cc1nn(-c2ccccc2)c(O)c1/N=N/c1cc([N+](=O)[O-])cc(S(=O)(=O)O)c1O. The van der Waals surface area contributed by atoms with Crippen LogP contribution in [0.15, 0.2) is 57.6 Å². The molecular formula is C16H13N5O7S. The van der Waals surface area contributed by atoms with E-state index in [9.17, 15) is 28.7 Å². The lowest BCUT2D eigenvalue weighted by Crippen LogP contribution is -2.00. The molecule has 3 rings (SSSR count). The number of hydrogen-bond acceptors (Lipinski definition) is 9. The zero-order valence-corrected chi connectivity index (χ0v) is 15.5. The number of para-hydroxylation sites is 1. The van der Waals surface area contributed by atoms with Crippen LogP contribution in [0.5, 0.6) is 11.6 Å². The first-order valence-corrected chi connectivity index (χ1v) is 9.28. The number of nitrogens with zero attached hydrogens (tertiary/aromatic N) is 5. The van der Waals surface area contributed by atoms with Gasteiger partial charge in [-0.3, -0.25) is 14.7 Å². The van der Waals surface area contributed by atoms with Crippen LogP contribution in [0.2, 0.25) is 0 Å². The van der Waals surface area contributed by atoms with Gasteiger partial charge in [0, 0.05) is 12.1 Å². The molecule has 1 heterocycles. The summed E-state index contributed by atoms with van der Waals surface area (Å²) in [5.41, 5.74) is -0.673. The molecule has 0 bridgehead atoms. The van der Waals surface area contributed by atoms with Crippen LogP contribution >= 0.6 is 0 Å². The Hall–Kier alpha value is -3.84. The van der Waals surface area contributed by atoms with Crippen LogP contribution in [-0.2, 0) is 10.1 Å². The number of phenols is 1. The Morgan fingerprint density at radius 2 is 1.79 bits per heavy atom. The Balaban J connectivity index is 2.11. The van der Waals surface area contributed by atoms with Crippen molar-refractivity contribution in [3.05, 3.63) is 58.3 Å². The molecule has 12 nitrogen and oxygen atoms in total. The minimum absolute atomic E-state index is 0.104. The molecule has 150 valence electrons. The van der Waals surface area contributed by atoms with E-state index < -0.39 is 42.9 Å². The summed E-state index contributed by atoms with van der Waals surface area (Å²) in [5, 5.41) is 42.9. The quantitative estimate of drug-likeness (QED) is 0.244. The average Bonchev–Trinajstić information content (AvgIpc) is 2.94. The van der Waals surface area contributed by atoms with Gasteiger partial charge in [-0.15, -0.1) is 10.2 Å². The summed E-state index contributed by atoms with van der Waals surface area (Å²) in [6, 6.07) is 9.84. The first kappa shape index (κ1) is 19.9. The number of benzene rings is 2. The van der Waals surface area contributed by atoms with Gasteiger partial charge in [0.25, 0.3) is 15.8 Å². The van der Waals surface area contributed by atoms with E-state index in [1.165, 1.54) is 11.6 Å². The molecule has 0 aliphatic rings. The van der Waals surface area contributed by atoms with Gasteiger partial charge in [0.15, 0.2) is 11.4 Å². The largest absolute Gasteiger partial charge is 0.504 e. The molecule has 0 amide bonds. The minimum Gasteiger partial charge on any atom is -0.504 e. The van der Waals surface area contributed by atoms with E-state index in [-0.39, 0.29) is 11.4 Å². The van der Waals surface area contributed by atoms with Crippen molar-refractivity contribution in [2.24, 2.45) is 10.2 Å². The van der Waals surface area contributed by atoms with Gasteiger partial charge in [0.2, 0.25) is 5.88 Å². The predicted molar refractivity (Wildman–Crippen MR) is 98.7 cm³/mol. The highest BCUT2D eigenvalue weighted by atomic mass is 32.2. The van der Waals surface area contributed by atoms with Crippen molar-refractivity contribution < 1.29 is 28.1 Å². The highest BCUT2D eigenvalue weighted by Crippen LogP contribution is 2.40. The first-order chi connectivity index (χ1) is 13.6. The molecule has 29 heavy (non-hydrogen) atoms. The van der Waals surface area contributed by atoms with Crippen LogP contribution in [0.3, 0.4) is 0 Å². The van der Waals surface area contributed by atoms with Crippen molar-refractivity contribution in [2.75, 3.05) is 0 Å². The Morgan fingerprint density at radius 1 is 1.14 bits per heavy atom. The number of nitro groups is 1. The fraction of sp³-hybridized carbons (Fsp3) is 0.0625. The molecule has 13 heteroatoms. The third-order valence-electron chi connectivity index (χ3n) is 3.79. The van der Waals surface area contributed by atoms with Gasteiger partial charge in [-0.25, -0.2) is 0 Å². The summed E-state index contributed by atoms with van der Waals surface area (Å²) >= 11 is 0. The van der Waals surface area contributed by atoms with Crippen molar-refractivity contribution in [3.63, 3.8) is 0 Å². The molecule has 0 aliphatic carbocycles. The highest BCUT2D eigenvalue weighted by Gasteiger charge is 2.24. The maximum atomic E-state index is 11.4. The summed E-state index contributed by atoms with van der Waals surface area (Å²) < 4.78 is 33.1. The van der Waals surface area contributed by atoms with Crippen LogP contribution < -0.4 is 0 Å². The molecule has 0 saturated carbocycles. The van der Waals surface area contributed by atoms with Crippen LogP contribution in [-0.4, -0.2) is 37.9 Å². The minimum atomic E-state index is -4.97. The molecule has 3 N–H and O–H groups in total. The molecule has 3 aromatic rings. The van der Waals surface area contributed by atoms with E-state index in [2.05, 4.69) is 15.3 Å². The molecule has 0 unspecified atom stereocenters. The number of phenolic OH excluding ortho intramolecular Hbond substituents is 1. The van der Waals surface area contributed by atoms with E-state index in [0.29, 0.717) is 11.8 Å². The molecule has 0 atom stereocenters. The first-order valence-electron chi connectivity index (χ1n) is 7.84. The Labute approximate surface area is 163 Å². The Morgan fingerprint density at radius 3 is 2.38 bits per heavy atom. The maximum absolute atomic E-state index is 11.4. The number of aromatic nitrogens is 2. The Bertz CT molecular complexity index is 1240.